The molecule has 2 aromatic carbocycles. The highest BCUT2D eigenvalue weighted by Gasteiger charge is 2.21. The number of ether oxygens (including phenoxy) is 1. The molecule has 8 nitrogen and oxygen atoms in total. The highest BCUT2D eigenvalue weighted by molar-refractivity contribution is 5.96. The Hall–Kier alpha value is -3.63. The van der Waals surface area contributed by atoms with Crippen LogP contribution in [-0.2, 0) is 9.53 Å². The van der Waals surface area contributed by atoms with E-state index in [0.717, 1.165) is 12.1 Å². The first-order chi connectivity index (χ1) is 13.1. The summed E-state index contributed by atoms with van der Waals surface area (Å²) in [7, 11) is 3.17. The topological polar surface area (TPSA) is 102 Å². The van der Waals surface area contributed by atoms with Crippen LogP contribution in [0.2, 0.25) is 0 Å². The molecule has 0 radical (unpaired) electrons. The monoisotopic (exact) mass is 397 g/mol. The lowest BCUT2D eigenvalue weighted by Gasteiger charge is -2.13. The van der Waals surface area contributed by atoms with Crippen LogP contribution in [-0.4, -0.2) is 37.5 Å². The summed E-state index contributed by atoms with van der Waals surface area (Å²) in [6, 6.07) is 5.02. The van der Waals surface area contributed by atoms with Gasteiger partial charge >= 0.3 is 5.97 Å². The number of nitrogens with one attached hydrogen (secondary N) is 1. The van der Waals surface area contributed by atoms with Gasteiger partial charge in [-0.05, 0) is 24.3 Å². The van der Waals surface area contributed by atoms with Crippen molar-refractivity contribution in [2.75, 3.05) is 30.9 Å². The minimum atomic E-state index is -1.76. The molecule has 0 bridgehead atoms. The summed E-state index contributed by atoms with van der Waals surface area (Å²) >= 11 is 0. The number of nitro groups is 1. The van der Waals surface area contributed by atoms with Crippen molar-refractivity contribution < 1.29 is 32.4 Å². The number of carbonyl (C=O) groups excluding carboxylic acids is 2. The average molecular weight is 397 g/mol. The maximum absolute atomic E-state index is 13.5. The zero-order valence-electron chi connectivity index (χ0n) is 14.7. The summed E-state index contributed by atoms with van der Waals surface area (Å²) in [6.07, 6.45) is 0. The predicted octanol–water partition coefficient (Wildman–Crippen LogP) is 2.87. The number of nitrogens with zero attached hydrogens (tertiary/aromatic N) is 2. The molecule has 0 aliphatic heterocycles. The van der Waals surface area contributed by atoms with Gasteiger partial charge in [-0.15, -0.1) is 0 Å². The van der Waals surface area contributed by atoms with Crippen LogP contribution in [0.3, 0.4) is 0 Å². The highest BCUT2D eigenvalue weighted by atomic mass is 19.2. The molecule has 0 spiro atoms. The Balaban J connectivity index is 2.06. The lowest BCUT2D eigenvalue weighted by atomic mass is 10.1. The SMILES string of the molecule is CN(C)c1ccc(C(=O)OCC(=O)Nc2ccc(F)c(F)c2F)cc1[N+](=O)[O-]. The van der Waals surface area contributed by atoms with Gasteiger partial charge in [-0.2, -0.15) is 0 Å². The van der Waals surface area contributed by atoms with Crippen molar-refractivity contribution >= 4 is 28.9 Å². The molecule has 1 amide bonds. The number of nitro benzene ring substituents is 1. The Morgan fingerprint density at radius 2 is 1.82 bits per heavy atom. The van der Waals surface area contributed by atoms with E-state index in [0.29, 0.717) is 6.07 Å². The maximum Gasteiger partial charge on any atom is 0.338 e. The molecule has 148 valence electrons. The van der Waals surface area contributed by atoms with Crippen molar-refractivity contribution in [3.8, 4) is 0 Å². The summed E-state index contributed by atoms with van der Waals surface area (Å²) in [4.78, 5) is 35.7. The van der Waals surface area contributed by atoms with Crippen molar-refractivity contribution in [2.24, 2.45) is 0 Å². The second-order valence-electron chi connectivity index (χ2n) is 5.70. The standard InChI is InChI=1S/C17H14F3N3O5/c1-22(2)12-6-3-9(7-13(12)23(26)27)17(25)28-8-14(24)21-11-5-4-10(18)15(19)16(11)20/h3-7H,8H2,1-2H3,(H,21,24). The molecule has 0 unspecified atom stereocenters. The maximum atomic E-state index is 13.5. The minimum Gasteiger partial charge on any atom is -0.452 e. The van der Waals surface area contributed by atoms with Gasteiger partial charge in [0.05, 0.1) is 16.2 Å². The lowest BCUT2D eigenvalue weighted by Crippen LogP contribution is -2.22. The normalized spacial score (nSPS) is 10.3. The predicted molar refractivity (Wildman–Crippen MR) is 92.7 cm³/mol. The number of halogens is 3. The number of rotatable bonds is 6. The Morgan fingerprint density at radius 3 is 2.43 bits per heavy atom. The molecule has 0 saturated carbocycles. The molecule has 0 aliphatic carbocycles. The van der Waals surface area contributed by atoms with Gasteiger partial charge in [0.2, 0.25) is 0 Å². The number of esters is 1. The molecule has 0 atom stereocenters. The molecular weight excluding hydrogens is 383 g/mol. The molecule has 2 aromatic rings. The number of hydrogen-bond donors (Lipinski definition) is 1. The van der Waals surface area contributed by atoms with Crippen LogP contribution < -0.4 is 10.2 Å². The number of amides is 1. The van der Waals surface area contributed by atoms with E-state index < -0.39 is 46.5 Å². The largest absolute Gasteiger partial charge is 0.452 e. The van der Waals surface area contributed by atoms with Crippen molar-refractivity contribution in [3.63, 3.8) is 0 Å². The lowest BCUT2D eigenvalue weighted by molar-refractivity contribution is -0.384. The van der Waals surface area contributed by atoms with Crippen LogP contribution in [0.1, 0.15) is 10.4 Å². The molecule has 11 heteroatoms. The Labute approximate surface area is 156 Å². The summed E-state index contributed by atoms with van der Waals surface area (Å²) in [5.41, 5.74) is -0.893. The number of hydrogen-bond acceptors (Lipinski definition) is 6. The van der Waals surface area contributed by atoms with E-state index in [2.05, 4.69) is 0 Å². The molecule has 0 saturated heterocycles. The summed E-state index contributed by atoms with van der Waals surface area (Å²) in [5, 5.41) is 13.0. The summed E-state index contributed by atoms with van der Waals surface area (Å²) in [5.74, 6) is -6.84. The first-order valence-corrected chi connectivity index (χ1v) is 7.68. The summed E-state index contributed by atoms with van der Waals surface area (Å²) in [6.45, 7) is -0.875. The van der Waals surface area contributed by atoms with Gasteiger partial charge in [0, 0.05) is 20.2 Å². The van der Waals surface area contributed by atoms with Crippen molar-refractivity contribution in [2.45, 2.75) is 0 Å². The number of benzene rings is 2. The molecule has 0 heterocycles. The second-order valence-corrected chi connectivity index (χ2v) is 5.70. The molecule has 0 fully saturated rings. The van der Waals surface area contributed by atoms with Gasteiger partial charge in [-0.25, -0.2) is 18.0 Å². The molecule has 1 N–H and O–H groups in total. The van der Waals surface area contributed by atoms with Crippen molar-refractivity contribution in [1.82, 2.24) is 0 Å². The second kappa shape index (κ2) is 8.37. The van der Waals surface area contributed by atoms with Crippen LogP contribution in [0, 0.1) is 27.6 Å². The van der Waals surface area contributed by atoms with E-state index >= 15 is 0 Å². The van der Waals surface area contributed by atoms with Gasteiger partial charge in [0.15, 0.2) is 24.1 Å². The molecule has 0 aromatic heterocycles. The summed E-state index contributed by atoms with van der Waals surface area (Å²) < 4.78 is 44.2. The van der Waals surface area contributed by atoms with E-state index in [4.69, 9.17) is 4.74 Å². The zero-order valence-corrected chi connectivity index (χ0v) is 14.7. The first kappa shape index (κ1) is 20.7. The van der Waals surface area contributed by atoms with Crippen LogP contribution in [0.15, 0.2) is 30.3 Å². The van der Waals surface area contributed by atoms with E-state index in [1.54, 1.807) is 14.1 Å². The third kappa shape index (κ3) is 4.55. The van der Waals surface area contributed by atoms with Gasteiger partial charge in [-0.3, -0.25) is 14.9 Å². The Bertz CT molecular complexity index is 950. The van der Waals surface area contributed by atoms with Gasteiger partial charge in [-0.1, -0.05) is 0 Å². The van der Waals surface area contributed by atoms with E-state index in [-0.39, 0.29) is 16.9 Å². The minimum absolute atomic E-state index is 0.177. The van der Waals surface area contributed by atoms with Gasteiger partial charge in [0.1, 0.15) is 5.69 Å². The average Bonchev–Trinajstić information content (AvgIpc) is 2.65. The van der Waals surface area contributed by atoms with Crippen LogP contribution >= 0.6 is 0 Å². The van der Waals surface area contributed by atoms with E-state index in [1.807, 2.05) is 5.32 Å². The van der Waals surface area contributed by atoms with Gasteiger partial charge < -0.3 is 15.0 Å². The fourth-order valence-corrected chi connectivity index (χ4v) is 2.20. The fourth-order valence-electron chi connectivity index (χ4n) is 2.20. The fraction of sp³-hybridized carbons (Fsp3) is 0.176. The molecule has 2 rings (SSSR count). The molecule has 28 heavy (non-hydrogen) atoms. The number of anilines is 2. The van der Waals surface area contributed by atoms with Crippen LogP contribution in [0.25, 0.3) is 0 Å². The smallest absolute Gasteiger partial charge is 0.338 e. The van der Waals surface area contributed by atoms with E-state index in [1.165, 1.54) is 17.0 Å². The van der Waals surface area contributed by atoms with E-state index in [9.17, 15) is 32.9 Å². The molecule has 0 aliphatic rings. The molecular formula is C17H14F3N3O5. The van der Waals surface area contributed by atoms with Crippen molar-refractivity contribution in [1.29, 1.82) is 0 Å². The Morgan fingerprint density at radius 1 is 1.14 bits per heavy atom. The van der Waals surface area contributed by atoms with Crippen LogP contribution in [0.4, 0.5) is 30.2 Å². The third-order valence-corrected chi connectivity index (χ3v) is 3.53. The first-order valence-electron chi connectivity index (χ1n) is 7.68. The van der Waals surface area contributed by atoms with Crippen LogP contribution in [0.5, 0.6) is 0 Å². The Kier molecular flexibility index (Phi) is 6.18. The van der Waals surface area contributed by atoms with Crippen molar-refractivity contribution in [3.05, 3.63) is 63.5 Å². The number of carbonyl (C=O) groups is 2. The van der Waals surface area contributed by atoms with Gasteiger partial charge in [0.25, 0.3) is 11.6 Å². The highest BCUT2D eigenvalue weighted by Crippen LogP contribution is 2.28. The quantitative estimate of drug-likeness (QED) is 0.348. The zero-order chi connectivity index (χ0) is 21.0. The third-order valence-electron chi connectivity index (χ3n) is 3.53.